The first-order valence-corrected chi connectivity index (χ1v) is 3.94. The fraction of sp³-hybridized carbons (Fsp3) is 0.444. The summed E-state index contributed by atoms with van der Waals surface area (Å²) in [7, 11) is 1.49. The van der Waals surface area contributed by atoms with Gasteiger partial charge in [0.2, 0.25) is 0 Å². The second-order valence-corrected chi connectivity index (χ2v) is 2.69. The lowest BCUT2D eigenvalue weighted by atomic mass is 10.1. The van der Waals surface area contributed by atoms with Crippen LogP contribution in [-0.4, -0.2) is 30.6 Å². The number of methoxy groups -OCH3 is 1. The summed E-state index contributed by atoms with van der Waals surface area (Å²) in [5.74, 6) is -1.90. The van der Waals surface area contributed by atoms with Crippen LogP contribution in [0, 0.1) is 0 Å². The number of carboxylic acids is 1. The minimum atomic E-state index is -1.00. The third kappa shape index (κ3) is 2.68. The SMILES string of the molecule is COC1(OCC(=O)O)C=CC=CC1. The summed E-state index contributed by atoms with van der Waals surface area (Å²) in [5, 5.41) is 8.43. The molecule has 0 amide bonds. The standard InChI is InChI=1S/C9H12O4/c1-12-9(13-7-8(10)11)5-3-2-4-6-9/h2-5H,6-7H2,1H3,(H,10,11). The van der Waals surface area contributed by atoms with Crippen LogP contribution in [0.25, 0.3) is 0 Å². The van der Waals surface area contributed by atoms with Crippen molar-refractivity contribution in [2.45, 2.75) is 12.2 Å². The number of ether oxygens (including phenoxy) is 2. The van der Waals surface area contributed by atoms with E-state index in [1.165, 1.54) is 7.11 Å². The molecular formula is C9H12O4. The fourth-order valence-electron chi connectivity index (χ4n) is 1.08. The zero-order valence-corrected chi connectivity index (χ0v) is 7.40. The summed E-state index contributed by atoms with van der Waals surface area (Å²) >= 11 is 0. The largest absolute Gasteiger partial charge is 0.480 e. The van der Waals surface area contributed by atoms with Gasteiger partial charge in [-0.25, -0.2) is 4.79 Å². The molecule has 0 aromatic carbocycles. The van der Waals surface area contributed by atoms with Gasteiger partial charge in [-0.3, -0.25) is 0 Å². The van der Waals surface area contributed by atoms with Gasteiger partial charge in [0, 0.05) is 13.5 Å². The first-order chi connectivity index (χ1) is 6.18. The predicted molar refractivity (Wildman–Crippen MR) is 46.2 cm³/mol. The Morgan fingerprint density at radius 3 is 2.85 bits per heavy atom. The third-order valence-corrected chi connectivity index (χ3v) is 1.79. The van der Waals surface area contributed by atoms with E-state index in [2.05, 4.69) is 0 Å². The molecule has 0 aliphatic heterocycles. The molecule has 0 heterocycles. The Hall–Kier alpha value is -1.13. The van der Waals surface area contributed by atoms with Crippen molar-refractivity contribution < 1.29 is 19.4 Å². The second kappa shape index (κ2) is 4.20. The normalized spacial score (nSPS) is 26.2. The summed E-state index contributed by atoms with van der Waals surface area (Å²) in [5.41, 5.74) is 0. The van der Waals surface area contributed by atoms with Gasteiger partial charge in [0.05, 0.1) is 0 Å². The average Bonchev–Trinajstić information content (AvgIpc) is 2.16. The second-order valence-electron chi connectivity index (χ2n) is 2.69. The summed E-state index contributed by atoms with van der Waals surface area (Å²) in [6.07, 6.45) is 7.74. The highest BCUT2D eigenvalue weighted by molar-refractivity contribution is 5.68. The monoisotopic (exact) mass is 184 g/mol. The van der Waals surface area contributed by atoms with Gasteiger partial charge >= 0.3 is 5.97 Å². The van der Waals surface area contributed by atoms with E-state index in [1.54, 1.807) is 12.2 Å². The molecule has 1 rings (SSSR count). The molecule has 0 fully saturated rings. The Labute approximate surface area is 76.5 Å². The molecule has 72 valence electrons. The predicted octanol–water partition coefficient (Wildman–Crippen LogP) is 0.946. The Balaban J connectivity index is 2.55. The first-order valence-electron chi connectivity index (χ1n) is 3.94. The average molecular weight is 184 g/mol. The summed E-state index contributed by atoms with van der Waals surface area (Å²) in [4.78, 5) is 10.3. The summed E-state index contributed by atoms with van der Waals surface area (Å²) < 4.78 is 10.2. The molecule has 1 N–H and O–H groups in total. The minimum Gasteiger partial charge on any atom is -0.480 e. The minimum absolute atomic E-state index is 0.355. The summed E-state index contributed by atoms with van der Waals surface area (Å²) in [6.45, 7) is -0.355. The van der Waals surface area contributed by atoms with E-state index < -0.39 is 11.8 Å². The third-order valence-electron chi connectivity index (χ3n) is 1.79. The Morgan fingerprint density at radius 2 is 2.38 bits per heavy atom. The van der Waals surface area contributed by atoms with Crippen molar-refractivity contribution in [1.29, 1.82) is 0 Å². The molecule has 13 heavy (non-hydrogen) atoms. The highest BCUT2D eigenvalue weighted by atomic mass is 16.7. The van der Waals surface area contributed by atoms with Gasteiger partial charge in [-0.1, -0.05) is 18.2 Å². The van der Waals surface area contributed by atoms with Crippen LogP contribution in [0.4, 0.5) is 0 Å². The molecule has 1 unspecified atom stereocenters. The van der Waals surface area contributed by atoms with Gasteiger partial charge in [0.25, 0.3) is 0 Å². The molecule has 0 spiro atoms. The number of carboxylic acid groups (broad SMARTS) is 1. The van der Waals surface area contributed by atoms with E-state index in [0.717, 1.165) is 0 Å². The van der Waals surface area contributed by atoms with Crippen LogP contribution in [-0.2, 0) is 14.3 Å². The van der Waals surface area contributed by atoms with Crippen LogP contribution >= 0.6 is 0 Å². The van der Waals surface area contributed by atoms with E-state index >= 15 is 0 Å². The van der Waals surface area contributed by atoms with Crippen molar-refractivity contribution in [3.05, 3.63) is 24.3 Å². The van der Waals surface area contributed by atoms with Crippen molar-refractivity contribution >= 4 is 5.97 Å². The van der Waals surface area contributed by atoms with Crippen LogP contribution in [0.5, 0.6) is 0 Å². The number of rotatable bonds is 4. The number of hydrogen-bond donors (Lipinski definition) is 1. The van der Waals surface area contributed by atoms with E-state index in [4.69, 9.17) is 14.6 Å². The maximum atomic E-state index is 10.3. The molecule has 0 aromatic heterocycles. The molecule has 0 saturated heterocycles. The van der Waals surface area contributed by atoms with Gasteiger partial charge in [-0.2, -0.15) is 0 Å². The molecule has 0 saturated carbocycles. The zero-order valence-electron chi connectivity index (χ0n) is 7.40. The smallest absolute Gasteiger partial charge is 0.329 e. The maximum Gasteiger partial charge on any atom is 0.329 e. The molecule has 1 aliphatic carbocycles. The van der Waals surface area contributed by atoms with Gasteiger partial charge in [0.1, 0.15) is 6.61 Å². The molecule has 1 atom stereocenters. The van der Waals surface area contributed by atoms with Crippen molar-refractivity contribution in [3.8, 4) is 0 Å². The highest BCUT2D eigenvalue weighted by Gasteiger charge is 2.28. The van der Waals surface area contributed by atoms with Crippen molar-refractivity contribution in [1.82, 2.24) is 0 Å². The van der Waals surface area contributed by atoms with Gasteiger partial charge in [-0.15, -0.1) is 0 Å². The van der Waals surface area contributed by atoms with E-state index in [9.17, 15) is 4.79 Å². The number of carbonyl (C=O) groups is 1. The molecular weight excluding hydrogens is 172 g/mol. The quantitative estimate of drug-likeness (QED) is 0.661. The van der Waals surface area contributed by atoms with Crippen LogP contribution in [0.15, 0.2) is 24.3 Å². The molecule has 0 radical (unpaired) electrons. The zero-order chi connectivity index (χ0) is 9.73. The van der Waals surface area contributed by atoms with E-state index in [0.29, 0.717) is 6.42 Å². The Kier molecular flexibility index (Phi) is 3.22. The number of aliphatic carboxylic acids is 1. The lowest BCUT2D eigenvalue weighted by Crippen LogP contribution is -2.34. The van der Waals surface area contributed by atoms with Crippen molar-refractivity contribution in [2.24, 2.45) is 0 Å². The van der Waals surface area contributed by atoms with Crippen molar-refractivity contribution in [2.75, 3.05) is 13.7 Å². The molecule has 4 heteroatoms. The van der Waals surface area contributed by atoms with Crippen LogP contribution in [0.3, 0.4) is 0 Å². The van der Waals surface area contributed by atoms with Crippen LogP contribution in [0.1, 0.15) is 6.42 Å². The molecule has 1 aliphatic rings. The van der Waals surface area contributed by atoms with Gasteiger partial charge in [0.15, 0.2) is 5.79 Å². The first kappa shape index (κ1) is 9.95. The molecule has 0 aromatic rings. The van der Waals surface area contributed by atoms with Crippen LogP contribution < -0.4 is 0 Å². The van der Waals surface area contributed by atoms with E-state index in [-0.39, 0.29) is 6.61 Å². The summed E-state index contributed by atoms with van der Waals surface area (Å²) in [6, 6.07) is 0. The van der Waals surface area contributed by atoms with Gasteiger partial charge in [-0.05, 0) is 6.08 Å². The lowest BCUT2D eigenvalue weighted by molar-refractivity contribution is -0.195. The Morgan fingerprint density at radius 1 is 1.62 bits per heavy atom. The van der Waals surface area contributed by atoms with Crippen molar-refractivity contribution in [3.63, 3.8) is 0 Å². The topological polar surface area (TPSA) is 55.8 Å². The molecule has 0 bridgehead atoms. The lowest BCUT2D eigenvalue weighted by Gasteiger charge is -2.28. The van der Waals surface area contributed by atoms with Crippen LogP contribution in [0.2, 0.25) is 0 Å². The fourth-order valence-corrected chi connectivity index (χ4v) is 1.08. The Bertz CT molecular complexity index is 244. The van der Waals surface area contributed by atoms with E-state index in [1.807, 2.05) is 12.2 Å². The number of hydrogen-bond acceptors (Lipinski definition) is 3. The number of allylic oxidation sites excluding steroid dienone is 2. The molecule has 4 nitrogen and oxygen atoms in total. The maximum absolute atomic E-state index is 10.3. The highest BCUT2D eigenvalue weighted by Crippen LogP contribution is 2.22. The van der Waals surface area contributed by atoms with Gasteiger partial charge < -0.3 is 14.6 Å².